The van der Waals surface area contributed by atoms with Crippen molar-refractivity contribution in [3.8, 4) is 0 Å². The maximum absolute atomic E-state index is 12.6. The number of aryl methyl sites for hydroxylation is 2. The molecule has 0 saturated carbocycles. The quantitative estimate of drug-likeness (QED) is 0.477. The monoisotopic (exact) mass is 505 g/mol. The molecule has 10 heteroatoms. The van der Waals surface area contributed by atoms with Crippen LogP contribution in [0.5, 0.6) is 0 Å². The van der Waals surface area contributed by atoms with Gasteiger partial charge < -0.3 is 20.6 Å². The zero-order valence-corrected chi connectivity index (χ0v) is 20.4. The number of anilines is 1. The number of hydrogen-bond donors (Lipinski definition) is 3. The summed E-state index contributed by atoms with van der Waals surface area (Å²) in [5.74, 6) is -0.111. The summed E-state index contributed by atoms with van der Waals surface area (Å²) < 4.78 is 0. The van der Waals surface area contributed by atoms with Crippen molar-refractivity contribution in [2.24, 2.45) is 5.92 Å². The zero-order valence-electron chi connectivity index (χ0n) is 18.9. The predicted molar refractivity (Wildman–Crippen MR) is 132 cm³/mol. The van der Waals surface area contributed by atoms with E-state index in [2.05, 4.69) is 32.7 Å². The Morgan fingerprint density at radius 3 is 2.82 bits per heavy atom. The van der Waals surface area contributed by atoms with Crippen molar-refractivity contribution in [2.75, 3.05) is 31.5 Å². The van der Waals surface area contributed by atoms with Crippen LogP contribution in [0.4, 0.5) is 5.82 Å². The van der Waals surface area contributed by atoms with Gasteiger partial charge in [-0.3, -0.25) is 9.78 Å². The second kappa shape index (κ2) is 11.3. The Bertz CT molecular complexity index is 1030. The smallest absolute Gasteiger partial charge is 0.326 e. The topological polar surface area (TPSA) is 107 Å². The number of carbonyl (C=O) groups is 2. The second-order valence-corrected chi connectivity index (χ2v) is 9.78. The number of rotatable bonds is 9. The lowest BCUT2D eigenvalue weighted by Gasteiger charge is -2.20. The van der Waals surface area contributed by atoms with E-state index in [4.69, 9.17) is 28.2 Å². The van der Waals surface area contributed by atoms with Crippen LogP contribution in [0.1, 0.15) is 47.3 Å². The second-order valence-electron chi connectivity index (χ2n) is 8.97. The third kappa shape index (κ3) is 6.17. The molecular formula is C24H29Cl2N5O3. The van der Waals surface area contributed by atoms with Crippen LogP contribution in [0.25, 0.3) is 0 Å². The largest absolute Gasteiger partial charge is 0.480 e. The van der Waals surface area contributed by atoms with Crippen LogP contribution in [0.15, 0.2) is 24.5 Å². The van der Waals surface area contributed by atoms with Crippen molar-refractivity contribution >= 4 is 40.9 Å². The van der Waals surface area contributed by atoms with Gasteiger partial charge in [-0.2, -0.15) is 0 Å². The highest BCUT2D eigenvalue weighted by atomic mass is 35.5. The number of hydrogen-bond acceptors (Lipinski definition) is 6. The first kappa shape index (κ1) is 24.7. The first-order valence-electron chi connectivity index (χ1n) is 11.7. The number of carboxylic acid groups (broad SMARTS) is 1. The number of carboxylic acids is 1. The lowest BCUT2D eigenvalue weighted by molar-refractivity contribution is -0.139. The number of likely N-dealkylation sites (tertiary alicyclic amines) is 1. The summed E-state index contributed by atoms with van der Waals surface area (Å²) in [6, 6.07) is 3.30. The van der Waals surface area contributed by atoms with Crippen LogP contribution in [-0.4, -0.2) is 64.1 Å². The van der Waals surface area contributed by atoms with Gasteiger partial charge in [0.2, 0.25) is 0 Å². The Balaban J connectivity index is 1.24. The van der Waals surface area contributed by atoms with Gasteiger partial charge in [0.15, 0.2) is 0 Å². The lowest BCUT2D eigenvalue weighted by Crippen LogP contribution is -2.43. The molecule has 1 amide bonds. The van der Waals surface area contributed by atoms with Gasteiger partial charge in [0.25, 0.3) is 5.91 Å². The number of fused-ring (bicyclic) bond motifs is 1. The van der Waals surface area contributed by atoms with Crippen LogP contribution < -0.4 is 10.6 Å². The lowest BCUT2D eigenvalue weighted by atomic mass is 10.00. The van der Waals surface area contributed by atoms with E-state index in [1.807, 2.05) is 0 Å². The number of carbonyl (C=O) groups excluding carboxylic acids is 1. The Labute approximate surface area is 209 Å². The van der Waals surface area contributed by atoms with E-state index in [9.17, 15) is 14.7 Å². The summed E-state index contributed by atoms with van der Waals surface area (Å²) in [4.78, 5) is 35.2. The van der Waals surface area contributed by atoms with Crippen LogP contribution in [-0.2, 0) is 17.6 Å². The first-order valence-corrected chi connectivity index (χ1v) is 12.4. The molecule has 4 rings (SSSR count). The summed E-state index contributed by atoms with van der Waals surface area (Å²) in [6.45, 7) is 3.42. The Morgan fingerprint density at radius 2 is 2.06 bits per heavy atom. The number of halogens is 2. The van der Waals surface area contributed by atoms with Gasteiger partial charge in [-0.15, -0.1) is 0 Å². The Kier molecular flexibility index (Phi) is 8.24. The summed E-state index contributed by atoms with van der Waals surface area (Å²) in [5, 5.41) is 15.7. The van der Waals surface area contributed by atoms with Crippen molar-refractivity contribution in [3.05, 3.63) is 51.4 Å². The van der Waals surface area contributed by atoms with Crippen LogP contribution in [0, 0.1) is 5.92 Å². The summed E-state index contributed by atoms with van der Waals surface area (Å²) >= 11 is 12.0. The van der Waals surface area contributed by atoms with Gasteiger partial charge >= 0.3 is 5.97 Å². The number of nitrogens with one attached hydrogen (secondary N) is 2. The number of nitrogens with zero attached hydrogens (tertiary/aromatic N) is 3. The van der Waals surface area contributed by atoms with E-state index < -0.39 is 17.9 Å². The van der Waals surface area contributed by atoms with E-state index in [1.165, 1.54) is 18.0 Å². The molecule has 2 aromatic rings. The fourth-order valence-corrected chi connectivity index (χ4v) is 5.18. The normalized spacial score (nSPS) is 18.7. The molecule has 1 saturated heterocycles. The van der Waals surface area contributed by atoms with E-state index in [1.54, 1.807) is 0 Å². The van der Waals surface area contributed by atoms with E-state index >= 15 is 0 Å². The molecule has 0 aliphatic carbocycles. The van der Waals surface area contributed by atoms with Gasteiger partial charge in [-0.25, -0.2) is 9.78 Å². The molecule has 4 heterocycles. The molecule has 34 heavy (non-hydrogen) atoms. The van der Waals surface area contributed by atoms with Crippen LogP contribution in [0.3, 0.4) is 0 Å². The highest BCUT2D eigenvalue weighted by molar-refractivity contribution is 6.39. The molecule has 2 aliphatic heterocycles. The summed E-state index contributed by atoms with van der Waals surface area (Å²) in [6.07, 6.45) is 8.23. The number of amides is 1. The molecule has 0 aromatic carbocycles. The van der Waals surface area contributed by atoms with E-state index in [-0.39, 0.29) is 15.6 Å². The Hall–Kier alpha value is -2.42. The average molecular weight is 506 g/mol. The number of pyridine rings is 2. The van der Waals surface area contributed by atoms with Crippen molar-refractivity contribution in [2.45, 2.75) is 44.6 Å². The molecule has 2 aliphatic rings. The third-order valence-electron chi connectivity index (χ3n) is 6.55. The summed E-state index contributed by atoms with van der Waals surface area (Å²) in [5.41, 5.74) is 2.46. The van der Waals surface area contributed by atoms with Crippen molar-refractivity contribution in [3.63, 3.8) is 0 Å². The number of aromatic nitrogens is 2. The third-order valence-corrected chi connectivity index (χ3v) is 7.12. The molecule has 182 valence electrons. The molecule has 3 N–H and O–H groups in total. The fourth-order valence-electron chi connectivity index (χ4n) is 4.64. The van der Waals surface area contributed by atoms with Gasteiger partial charge in [-0.1, -0.05) is 29.3 Å². The maximum atomic E-state index is 12.6. The molecule has 8 nitrogen and oxygen atoms in total. The highest BCUT2D eigenvalue weighted by Gasteiger charge is 2.27. The van der Waals surface area contributed by atoms with Crippen molar-refractivity contribution < 1.29 is 14.7 Å². The molecular weight excluding hydrogens is 477 g/mol. The molecule has 0 radical (unpaired) electrons. The standard InChI is InChI=1S/C24H29Cl2N5O3/c25-18-12-27-13-19(26)21(18)23(32)30-20(24(33)34)8-11-31-10-7-15(14-31)3-5-17-6-4-16-2-1-9-28-22(16)29-17/h4,6,12-13,15,20H,1-3,5,7-11,14H2,(H,28,29)(H,30,32)(H,33,34)/t15-,20?/m0/s1. The first-order chi connectivity index (χ1) is 16.4. The van der Waals surface area contributed by atoms with Crippen LogP contribution >= 0.6 is 23.2 Å². The predicted octanol–water partition coefficient (Wildman–Crippen LogP) is 3.67. The Morgan fingerprint density at radius 1 is 1.26 bits per heavy atom. The van der Waals surface area contributed by atoms with Gasteiger partial charge in [0.1, 0.15) is 11.9 Å². The van der Waals surface area contributed by atoms with E-state index in [0.29, 0.717) is 18.9 Å². The molecule has 2 atom stereocenters. The highest BCUT2D eigenvalue weighted by Crippen LogP contribution is 2.25. The van der Waals surface area contributed by atoms with Gasteiger partial charge in [-0.05, 0) is 62.6 Å². The molecule has 2 aromatic heterocycles. The minimum Gasteiger partial charge on any atom is -0.480 e. The SMILES string of the molecule is O=C(NC(CCN1CC[C@H](CCc2ccc3c(n2)NCCC3)C1)C(=O)O)c1c(Cl)cncc1Cl. The molecule has 0 spiro atoms. The maximum Gasteiger partial charge on any atom is 0.326 e. The minimum absolute atomic E-state index is 0.0387. The van der Waals surface area contributed by atoms with E-state index in [0.717, 1.165) is 63.3 Å². The molecule has 0 bridgehead atoms. The molecule has 1 unspecified atom stereocenters. The molecule has 1 fully saturated rings. The zero-order chi connectivity index (χ0) is 24.1. The van der Waals surface area contributed by atoms with Gasteiger partial charge in [0.05, 0.1) is 15.6 Å². The van der Waals surface area contributed by atoms with Crippen molar-refractivity contribution in [1.29, 1.82) is 0 Å². The number of aliphatic carboxylic acids is 1. The van der Waals surface area contributed by atoms with Crippen LogP contribution in [0.2, 0.25) is 10.0 Å². The minimum atomic E-state index is -1.09. The average Bonchev–Trinajstić information content (AvgIpc) is 3.28. The van der Waals surface area contributed by atoms with Crippen molar-refractivity contribution in [1.82, 2.24) is 20.2 Å². The summed E-state index contributed by atoms with van der Waals surface area (Å²) in [7, 11) is 0. The fraction of sp³-hybridized carbons (Fsp3) is 0.500. The van der Waals surface area contributed by atoms with Gasteiger partial charge in [0, 0.05) is 37.7 Å².